The van der Waals surface area contributed by atoms with E-state index < -0.39 is 0 Å². The van der Waals surface area contributed by atoms with E-state index in [1.54, 1.807) is 13.2 Å². The first kappa shape index (κ1) is 14.9. The number of rotatable bonds is 5. The molecule has 0 atom stereocenters. The number of carbonyl (C=O) groups excluding carboxylic acids is 1. The molecule has 1 aromatic heterocycles. The van der Waals surface area contributed by atoms with Crippen molar-refractivity contribution >= 4 is 22.9 Å². The van der Waals surface area contributed by atoms with Crippen LogP contribution in [-0.4, -0.2) is 18.0 Å². The number of hydrogen-bond acceptors (Lipinski definition) is 2. The number of carbonyl (C=O) groups is 1. The molecule has 0 saturated heterocycles. The average Bonchev–Trinajstić information content (AvgIpc) is 3.06. The third-order valence-electron chi connectivity index (χ3n) is 3.63. The number of fused-ring (bicyclic) bond motifs is 1. The van der Waals surface area contributed by atoms with E-state index in [1.165, 1.54) is 0 Å². The standard InChI is InChI=1S/C19H18N2O2/c1-23-17-6-2-15(3-7-17)13-21-19(22)9-5-14-4-8-18-16(12-14)10-11-20-18/h2-12,20H,13H2,1H3,(H,21,22)/b9-5+. The average molecular weight is 306 g/mol. The van der Waals surface area contributed by atoms with Crippen molar-refractivity contribution in [3.8, 4) is 5.75 Å². The lowest BCUT2D eigenvalue weighted by atomic mass is 10.1. The largest absolute Gasteiger partial charge is 0.497 e. The SMILES string of the molecule is COc1ccc(CNC(=O)/C=C/c2ccc3[nH]ccc3c2)cc1. The van der Waals surface area contributed by atoms with Crippen LogP contribution in [0.1, 0.15) is 11.1 Å². The molecule has 0 aliphatic heterocycles. The molecular weight excluding hydrogens is 288 g/mol. The fourth-order valence-electron chi connectivity index (χ4n) is 2.34. The lowest BCUT2D eigenvalue weighted by molar-refractivity contribution is -0.116. The van der Waals surface area contributed by atoms with Crippen molar-refractivity contribution in [3.63, 3.8) is 0 Å². The molecule has 0 spiro atoms. The molecule has 1 heterocycles. The molecule has 2 N–H and O–H groups in total. The summed E-state index contributed by atoms with van der Waals surface area (Å²) in [6.45, 7) is 0.490. The topological polar surface area (TPSA) is 54.1 Å². The highest BCUT2D eigenvalue weighted by Gasteiger charge is 1.99. The van der Waals surface area contributed by atoms with E-state index in [-0.39, 0.29) is 5.91 Å². The lowest BCUT2D eigenvalue weighted by Gasteiger charge is -2.04. The Balaban J connectivity index is 1.57. The minimum Gasteiger partial charge on any atom is -0.497 e. The second kappa shape index (κ2) is 6.83. The zero-order chi connectivity index (χ0) is 16.1. The molecule has 0 bridgehead atoms. The van der Waals surface area contributed by atoms with E-state index in [2.05, 4.69) is 10.3 Å². The fourth-order valence-corrected chi connectivity index (χ4v) is 2.34. The van der Waals surface area contributed by atoms with Gasteiger partial charge in [-0.15, -0.1) is 0 Å². The van der Waals surface area contributed by atoms with Gasteiger partial charge in [0.2, 0.25) is 5.91 Å². The highest BCUT2D eigenvalue weighted by molar-refractivity contribution is 5.92. The number of ether oxygens (including phenoxy) is 1. The van der Waals surface area contributed by atoms with Crippen molar-refractivity contribution < 1.29 is 9.53 Å². The molecule has 4 heteroatoms. The summed E-state index contributed by atoms with van der Waals surface area (Å²) in [4.78, 5) is 15.0. The number of methoxy groups -OCH3 is 1. The van der Waals surface area contributed by atoms with Crippen molar-refractivity contribution in [2.45, 2.75) is 6.54 Å². The smallest absolute Gasteiger partial charge is 0.244 e. The van der Waals surface area contributed by atoms with Gasteiger partial charge >= 0.3 is 0 Å². The molecule has 0 radical (unpaired) electrons. The van der Waals surface area contributed by atoms with Crippen molar-refractivity contribution in [1.82, 2.24) is 10.3 Å². The van der Waals surface area contributed by atoms with Crippen LogP contribution >= 0.6 is 0 Å². The molecule has 3 aromatic rings. The second-order valence-corrected chi connectivity index (χ2v) is 5.22. The highest BCUT2D eigenvalue weighted by atomic mass is 16.5. The Bertz CT molecular complexity index is 832. The van der Waals surface area contributed by atoms with Gasteiger partial charge in [-0.2, -0.15) is 0 Å². The highest BCUT2D eigenvalue weighted by Crippen LogP contribution is 2.15. The quantitative estimate of drug-likeness (QED) is 0.709. The number of H-pyrrole nitrogens is 1. The second-order valence-electron chi connectivity index (χ2n) is 5.22. The number of hydrogen-bond donors (Lipinski definition) is 2. The van der Waals surface area contributed by atoms with Gasteiger partial charge < -0.3 is 15.0 Å². The predicted octanol–water partition coefficient (Wildman–Crippen LogP) is 3.51. The summed E-state index contributed by atoms with van der Waals surface area (Å²) >= 11 is 0. The zero-order valence-corrected chi connectivity index (χ0v) is 12.9. The van der Waals surface area contributed by atoms with Gasteiger partial charge in [0.25, 0.3) is 0 Å². The molecule has 2 aromatic carbocycles. The predicted molar refractivity (Wildman–Crippen MR) is 92.2 cm³/mol. The summed E-state index contributed by atoms with van der Waals surface area (Å²) in [7, 11) is 1.63. The van der Waals surface area contributed by atoms with Gasteiger partial charge in [-0.1, -0.05) is 18.2 Å². The van der Waals surface area contributed by atoms with Crippen molar-refractivity contribution in [1.29, 1.82) is 0 Å². The number of amides is 1. The first-order chi connectivity index (χ1) is 11.2. The van der Waals surface area contributed by atoms with Gasteiger partial charge in [0, 0.05) is 24.3 Å². The first-order valence-corrected chi connectivity index (χ1v) is 7.40. The molecular formula is C19H18N2O2. The lowest BCUT2D eigenvalue weighted by Crippen LogP contribution is -2.20. The molecule has 0 aliphatic rings. The first-order valence-electron chi connectivity index (χ1n) is 7.40. The number of aromatic amines is 1. The van der Waals surface area contributed by atoms with E-state index in [4.69, 9.17) is 4.74 Å². The fraction of sp³-hybridized carbons (Fsp3) is 0.105. The third kappa shape index (κ3) is 3.80. The van der Waals surface area contributed by atoms with Gasteiger partial charge in [-0.3, -0.25) is 4.79 Å². The number of aromatic nitrogens is 1. The Kier molecular flexibility index (Phi) is 4.43. The Morgan fingerprint density at radius 1 is 1.17 bits per heavy atom. The Hall–Kier alpha value is -3.01. The molecule has 116 valence electrons. The van der Waals surface area contributed by atoms with Crippen LogP contribution in [0.5, 0.6) is 5.75 Å². The van der Waals surface area contributed by atoms with Gasteiger partial charge in [0.15, 0.2) is 0 Å². The van der Waals surface area contributed by atoms with Crippen LogP contribution in [0.3, 0.4) is 0 Å². The zero-order valence-electron chi connectivity index (χ0n) is 12.9. The Labute approximate surface area is 134 Å². The third-order valence-corrected chi connectivity index (χ3v) is 3.63. The van der Waals surface area contributed by atoms with Crippen LogP contribution in [0.25, 0.3) is 17.0 Å². The van der Waals surface area contributed by atoms with E-state index >= 15 is 0 Å². The van der Waals surface area contributed by atoms with Crippen molar-refractivity contribution in [3.05, 3.63) is 71.9 Å². The molecule has 23 heavy (non-hydrogen) atoms. The Morgan fingerprint density at radius 3 is 2.78 bits per heavy atom. The molecule has 0 fully saturated rings. The molecule has 0 unspecified atom stereocenters. The van der Waals surface area contributed by atoms with Crippen molar-refractivity contribution in [2.75, 3.05) is 7.11 Å². The molecule has 3 rings (SSSR count). The summed E-state index contributed by atoms with van der Waals surface area (Å²) in [6, 6.07) is 15.7. The van der Waals surface area contributed by atoms with Gasteiger partial charge in [-0.25, -0.2) is 0 Å². The minimum absolute atomic E-state index is 0.116. The maximum atomic E-state index is 11.9. The molecule has 4 nitrogen and oxygen atoms in total. The van der Waals surface area contributed by atoms with Crippen LogP contribution in [0.4, 0.5) is 0 Å². The van der Waals surface area contributed by atoms with Gasteiger partial charge in [0.1, 0.15) is 5.75 Å². The summed E-state index contributed by atoms with van der Waals surface area (Å²) in [5, 5.41) is 4.00. The normalized spacial score (nSPS) is 11.0. The number of nitrogens with one attached hydrogen (secondary N) is 2. The van der Waals surface area contributed by atoms with E-state index in [0.29, 0.717) is 6.54 Å². The van der Waals surface area contributed by atoms with Crippen LogP contribution in [0, 0.1) is 0 Å². The summed E-state index contributed by atoms with van der Waals surface area (Å²) in [5.41, 5.74) is 3.11. The van der Waals surface area contributed by atoms with Gasteiger partial charge in [0.05, 0.1) is 7.11 Å². The van der Waals surface area contributed by atoms with Crippen molar-refractivity contribution in [2.24, 2.45) is 0 Å². The van der Waals surface area contributed by atoms with E-state index in [1.807, 2.05) is 60.8 Å². The maximum absolute atomic E-state index is 11.9. The number of benzene rings is 2. The summed E-state index contributed by atoms with van der Waals surface area (Å²) < 4.78 is 5.11. The minimum atomic E-state index is -0.116. The summed E-state index contributed by atoms with van der Waals surface area (Å²) in [6.07, 6.45) is 5.27. The molecule has 0 aliphatic carbocycles. The van der Waals surface area contributed by atoms with Crippen LogP contribution in [0.15, 0.2) is 60.8 Å². The molecule has 0 saturated carbocycles. The van der Waals surface area contributed by atoms with Gasteiger partial charge in [-0.05, 0) is 52.9 Å². The maximum Gasteiger partial charge on any atom is 0.244 e. The van der Waals surface area contributed by atoms with E-state index in [9.17, 15) is 4.79 Å². The molecule has 1 amide bonds. The summed E-state index contributed by atoms with van der Waals surface area (Å²) in [5.74, 6) is 0.690. The van der Waals surface area contributed by atoms with Crippen LogP contribution in [0.2, 0.25) is 0 Å². The van der Waals surface area contributed by atoms with E-state index in [0.717, 1.165) is 27.8 Å². The Morgan fingerprint density at radius 2 is 2.00 bits per heavy atom. The van der Waals surface area contributed by atoms with Crippen LogP contribution in [-0.2, 0) is 11.3 Å². The van der Waals surface area contributed by atoms with Crippen LogP contribution < -0.4 is 10.1 Å². The monoisotopic (exact) mass is 306 g/mol.